The summed E-state index contributed by atoms with van der Waals surface area (Å²) in [6, 6.07) is 5.63. The average molecular weight is 296 g/mol. The highest BCUT2D eigenvalue weighted by molar-refractivity contribution is 6.43. The zero-order valence-corrected chi connectivity index (χ0v) is 11.9. The SMILES string of the molecule is Clc1cccc(-c2cnc(C3CCCNC3)[nH]2)c1Cl. The third kappa shape index (κ3) is 2.64. The van der Waals surface area contributed by atoms with Crippen LogP contribution in [0.3, 0.4) is 0 Å². The van der Waals surface area contributed by atoms with Gasteiger partial charge >= 0.3 is 0 Å². The molecule has 1 unspecified atom stereocenters. The molecule has 0 saturated carbocycles. The van der Waals surface area contributed by atoms with Gasteiger partial charge in [0.1, 0.15) is 5.82 Å². The van der Waals surface area contributed by atoms with Crippen LogP contribution in [0, 0.1) is 0 Å². The van der Waals surface area contributed by atoms with Gasteiger partial charge in [0.05, 0.1) is 21.9 Å². The Labute approximate surface area is 122 Å². The normalized spacial score (nSPS) is 19.6. The second-order valence-corrected chi connectivity index (χ2v) is 5.61. The van der Waals surface area contributed by atoms with Crippen molar-refractivity contribution in [3.8, 4) is 11.3 Å². The third-order valence-corrected chi connectivity index (χ3v) is 4.34. The molecule has 2 aromatic rings. The number of hydrogen-bond donors (Lipinski definition) is 2. The molecule has 19 heavy (non-hydrogen) atoms. The number of aromatic nitrogens is 2. The van der Waals surface area contributed by atoms with Gasteiger partial charge in [0.2, 0.25) is 0 Å². The molecule has 1 aromatic carbocycles. The van der Waals surface area contributed by atoms with Crippen molar-refractivity contribution in [3.63, 3.8) is 0 Å². The Bertz CT molecular complexity index is 574. The molecule has 5 heteroatoms. The van der Waals surface area contributed by atoms with E-state index >= 15 is 0 Å². The summed E-state index contributed by atoms with van der Waals surface area (Å²) in [7, 11) is 0. The van der Waals surface area contributed by atoms with E-state index < -0.39 is 0 Å². The molecule has 1 aliphatic rings. The Hall–Kier alpha value is -1.03. The second kappa shape index (κ2) is 5.53. The monoisotopic (exact) mass is 295 g/mol. The van der Waals surface area contributed by atoms with Crippen LogP contribution < -0.4 is 5.32 Å². The van der Waals surface area contributed by atoms with Crippen molar-refractivity contribution in [2.75, 3.05) is 13.1 Å². The lowest BCUT2D eigenvalue weighted by Crippen LogP contribution is -2.28. The molecule has 1 atom stereocenters. The lowest BCUT2D eigenvalue weighted by Gasteiger charge is -2.20. The highest BCUT2D eigenvalue weighted by atomic mass is 35.5. The molecular weight excluding hydrogens is 281 g/mol. The predicted molar refractivity (Wildman–Crippen MR) is 78.9 cm³/mol. The first-order valence-corrected chi connectivity index (χ1v) is 7.21. The van der Waals surface area contributed by atoms with Crippen molar-refractivity contribution >= 4 is 23.2 Å². The molecule has 1 aliphatic heterocycles. The van der Waals surface area contributed by atoms with Crippen LogP contribution >= 0.6 is 23.2 Å². The van der Waals surface area contributed by atoms with Gasteiger partial charge in [-0.05, 0) is 25.5 Å². The molecule has 100 valence electrons. The number of aromatic amines is 1. The van der Waals surface area contributed by atoms with Crippen LogP contribution in [0.2, 0.25) is 10.0 Å². The van der Waals surface area contributed by atoms with Crippen LogP contribution in [0.1, 0.15) is 24.6 Å². The van der Waals surface area contributed by atoms with Gasteiger partial charge in [-0.15, -0.1) is 0 Å². The van der Waals surface area contributed by atoms with Gasteiger partial charge in [0.15, 0.2) is 0 Å². The van der Waals surface area contributed by atoms with Gasteiger partial charge in [0.25, 0.3) is 0 Å². The van der Waals surface area contributed by atoms with Gasteiger partial charge < -0.3 is 10.3 Å². The Morgan fingerprint density at radius 2 is 2.16 bits per heavy atom. The maximum atomic E-state index is 6.23. The minimum Gasteiger partial charge on any atom is -0.342 e. The second-order valence-electron chi connectivity index (χ2n) is 4.83. The summed E-state index contributed by atoms with van der Waals surface area (Å²) in [6.07, 6.45) is 4.20. The van der Waals surface area contributed by atoms with Crippen molar-refractivity contribution in [3.05, 3.63) is 40.3 Å². The Morgan fingerprint density at radius 3 is 2.95 bits per heavy atom. The summed E-state index contributed by atoms with van der Waals surface area (Å²) in [6.45, 7) is 2.08. The summed E-state index contributed by atoms with van der Waals surface area (Å²) in [5.41, 5.74) is 1.82. The molecular formula is C14H15Cl2N3. The number of piperidine rings is 1. The summed E-state index contributed by atoms with van der Waals surface area (Å²) in [5.74, 6) is 1.48. The maximum Gasteiger partial charge on any atom is 0.110 e. The number of H-pyrrole nitrogens is 1. The van der Waals surface area contributed by atoms with E-state index in [4.69, 9.17) is 23.2 Å². The molecule has 0 aliphatic carbocycles. The fourth-order valence-corrected chi connectivity index (χ4v) is 2.88. The minimum atomic E-state index is 0.459. The zero-order valence-electron chi connectivity index (χ0n) is 10.4. The summed E-state index contributed by atoms with van der Waals surface area (Å²) in [4.78, 5) is 7.86. The van der Waals surface area contributed by atoms with E-state index in [9.17, 15) is 0 Å². The van der Waals surface area contributed by atoms with Crippen LogP contribution in [0.25, 0.3) is 11.3 Å². The van der Waals surface area contributed by atoms with Crippen LogP contribution in [0.4, 0.5) is 0 Å². The number of nitrogens with one attached hydrogen (secondary N) is 2. The van der Waals surface area contributed by atoms with Crippen molar-refractivity contribution < 1.29 is 0 Å². The van der Waals surface area contributed by atoms with Gasteiger partial charge in [-0.1, -0.05) is 35.3 Å². The molecule has 1 fully saturated rings. The lowest BCUT2D eigenvalue weighted by molar-refractivity contribution is 0.449. The molecule has 0 radical (unpaired) electrons. The number of rotatable bonds is 2. The Morgan fingerprint density at radius 1 is 1.26 bits per heavy atom. The lowest BCUT2D eigenvalue weighted by atomic mass is 9.99. The van der Waals surface area contributed by atoms with Crippen molar-refractivity contribution in [1.29, 1.82) is 0 Å². The molecule has 1 aromatic heterocycles. The van der Waals surface area contributed by atoms with Gasteiger partial charge in [0, 0.05) is 18.0 Å². The topological polar surface area (TPSA) is 40.7 Å². The third-order valence-electron chi connectivity index (χ3n) is 3.52. The van der Waals surface area contributed by atoms with Crippen molar-refractivity contribution in [2.24, 2.45) is 0 Å². The molecule has 0 amide bonds. The van der Waals surface area contributed by atoms with Crippen LogP contribution in [0.5, 0.6) is 0 Å². The smallest absolute Gasteiger partial charge is 0.110 e. The fourth-order valence-electron chi connectivity index (χ4n) is 2.48. The summed E-state index contributed by atoms with van der Waals surface area (Å²) < 4.78 is 0. The predicted octanol–water partition coefficient (Wildman–Crippen LogP) is 3.85. The van der Waals surface area contributed by atoms with E-state index in [-0.39, 0.29) is 0 Å². The summed E-state index contributed by atoms with van der Waals surface area (Å²) >= 11 is 12.3. The molecule has 1 saturated heterocycles. The first kappa shape index (κ1) is 13.0. The standard InChI is InChI=1S/C14H15Cl2N3/c15-11-5-1-4-10(13(11)16)12-8-18-14(19-12)9-3-2-6-17-7-9/h1,4-5,8-9,17H,2-3,6-7H2,(H,18,19). The highest BCUT2D eigenvalue weighted by Gasteiger charge is 2.19. The van der Waals surface area contributed by atoms with E-state index in [0.29, 0.717) is 16.0 Å². The van der Waals surface area contributed by atoms with E-state index in [2.05, 4.69) is 15.3 Å². The van der Waals surface area contributed by atoms with E-state index in [1.807, 2.05) is 18.3 Å². The maximum absolute atomic E-state index is 6.23. The van der Waals surface area contributed by atoms with Crippen LogP contribution in [0.15, 0.2) is 24.4 Å². The van der Waals surface area contributed by atoms with Gasteiger partial charge in [-0.3, -0.25) is 0 Å². The average Bonchev–Trinajstić information content (AvgIpc) is 2.92. The van der Waals surface area contributed by atoms with Gasteiger partial charge in [-0.25, -0.2) is 4.98 Å². The molecule has 2 N–H and O–H groups in total. The van der Waals surface area contributed by atoms with E-state index in [1.54, 1.807) is 6.07 Å². The van der Waals surface area contributed by atoms with E-state index in [0.717, 1.165) is 30.2 Å². The number of halogens is 2. The van der Waals surface area contributed by atoms with Crippen LogP contribution in [-0.4, -0.2) is 23.1 Å². The number of hydrogen-bond acceptors (Lipinski definition) is 2. The highest BCUT2D eigenvalue weighted by Crippen LogP contribution is 2.33. The van der Waals surface area contributed by atoms with Crippen molar-refractivity contribution in [2.45, 2.75) is 18.8 Å². The van der Waals surface area contributed by atoms with Crippen molar-refractivity contribution in [1.82, 2.24) is 15.3 Å². The molecule has 3 nitrogen and oxygen atoms in total. The zero-order chi connectivity index (χ0) is 13.2. The van der Waals surface area contributed by atoms with Gasteiger partial charge in [-0.2, -0.15) is 0 Å². The fraction of sp³-hybridized carbons (Fsp3) is 0.357. The first-order valence-electron chi connectivity index (χ1n) is 6.45. The largest absolute Gasteiger partial charge is 0.342 e. The number of nitrogens with zero attached hydrogens (tertiary/aromatic N) is 1. The first-order chi connectivity index (χ1) is 9.25. The van der Waals surface area contributed by atoms with E-state index in [1.165, 1.54) is 12.8 Å². The molecule has 3 rings (SSSR count). The minimum absolute atomic E-state index is 0.459. The molecule has 0 bridgehead atoms. The Balaban J connectivity index is 1.90. The summed E-state index contributed by atoms with van der Waals surface area (Å²) in [5, 5.41) is 4.53. The molecule has 0 spiro atoms. The quantitative estimate of drug-likeness (QED) is 0.883. The number of imidazole rings is 1. The number of benzene rings is 1. The van der Waals surface area contributed by atoms with Crippen LogP contribution in [-0.2, 0) is 0 Å². The Kier molecular flexibility index (Phi) is 3.78. The molecule has 2 heterocycles.